The predicted octanol–water partition coefficient (Wildman–Crippen LogP) is 3.38. The van der Waals surface area contributed by atoms with Crippen LogP contribution in [-0.4, -0.2) is 84.6 Å². The third-order valence-electron chi connectivity index (χ3n) is 8.42. The molecule has 0 saturated heterocycles. The third-order valence-corrected chi connectivity index (χ3v) is 8.42. The summed E-state index contributed by atoms with van der Waals surface area (Å²) in [6.45, 7) is -0.421. The van der Waals surface area contributed by atoms with Crippen LogP contribution in [0.4, 0.5) is 0 Å². The summed E-state index contributed by atoms with van der Waals surface area (Å²) < 4.78 is 24.0. The number of aliphatic carboxylic acids is 3. The summed E-state index contributed by atoms with van der Waals surface area (Å²) in [5, 5.41) is 34.0. The first kappa shape index (κ1) is 38.7. The zero-order valence-electron chi connectivity index (χ0n) is 29.5. The number of rotatable bonds is 15. The van der Waals surface area contributed by atoms with Gasteiger partial charge in [-0.15, -0.1) is 0 Å². The Morgan fingerprint density at radius 3 is 0.981 bits per heavy atom. The zero-order valence-corrected chi connectivity index (χ0v) is 29.5. The molecular formula is C40H40N2O12. The quantitative estimate of drug-likeness (QED) is 0.0980. The van der Waals surface area contributed by atoms with Crippen LogP contribution in [0.5, 0.6) is 23.0 Å². The molecule has 0 radical (unpaired) electrons. The molecule has 0 aliphatic heterocycles. The summed E-state index contributed by atoms with van der Waals surface area (Å²) in [4.78, 5) is 59.2. The standard InChI is InChI=1S/C40H40N2O12/c1-24(43)41-14-15-42-33(44)20-51-37-25-6-2-7-26(37)17-28-9-4-11-30(39(28)53-22-35(47)48)19-32-13-5-12-31(40(32)54-23-36(49)50)18-29-10-3-8-27(16-25)38(29)52-21-34(45)46/h2-13H,14-23H2,1H3,(H,41,43)(H,42,44)(H,45,46)(H,47,48)(H,49,50). The number of carboxylic acid groups (broad SMARTS) is 3. The van der Waals surface area contributed by atoms with Gasteiger partial charge in [-0.2, -0.15) is 0 Å². The smallest absolute Gasteiger partial charge is 0.341 e. The average molecular weight is 741 g/mol. The SMILES string of the molecule is CC(=O)NCCNC(=O)COc1c2cccc1Cc1cccc(c1OCC(=O)O)Cc1cccc(c1OCC(=O)O)Cc1cccc(c1OCC(=O)O)C2. The van der Waals surface area contributed by atoms with Gasteiger partial charge >= 0.3 is 17.9 Å². The molecule has 0 atom stereocenters. The molecule has 4 aromatic rings. The van der Waals surface area contributed by atoms with Crippen LogP contribution >= 0.6 is 0 Å². The van der Waals surface area contributed by atoms with E-state index in [4.69, 9.17) is 18.9 Å². The van der Waals surface area contributed by atoms with Gasteiger partial charge in [-0.05, 0) is 44.5 Å². The number of carbonyl (C=O) groups excluding carboxylic acids is 2. The predicted molar refractivity (Wildman–Crippen MR) is 194 cm³/mol. The highest BCUT2D eigenvalue weighted by molar-refractivity contribution is 5.78. The Hall–Kier alpha value is -6.57. The minimum Gasteiger partial charge on any atom is -0.483 e. The largest absolute Gasteiger partial charge is 0.483 e. The van der Waals surface area contributed by atoms with Gasteiger partial charge in [-0.1, -0.05) is 72.8 Å². The van der Waals surface area contributed by atoms with Crippen molar-refractivity contribution in [2.24, 2.45) is 0 Å². The highest BCUT2D eigenvalue weighted by Gasteiger charge is 2.23. The van der Waals surface area contributed by atoms with Crippen molar-refractivity contribution in [1.82, 2.24) is 10.6 Å². The van der Waals surface area contributed by atoms with E-state index in [9.17, 15) is 39.3 Å². The third kappa shape index (κ3) is 10.5. The lowest BCUT2D eigenvalue weighted by molar-refractivity contribution is -0.140. The monoisotopic (exact) mass is 740 g/mol. The fraction of sp³-hybridized carbons (Fsp3) is 0.275. The number of benzene rings is 4. The highest BCUT2D eigenvalue weighted by atomic mass is 16.5. The van der Waals surface area contributed by atoms with E-state index in [1.54, 1.807) is 42.5 Å². The van der Waals surface area contributed by atoms with Crippen molar-refractivity contribution in [1.29, 1.82) is 0 Å². The molecule has 4 aromatic carbocycles. The molecule has 0 unspecified atom stereocenters. The first-order chi connectivity index (χ1) is 26.0. The number of hydrogen-bond acceptors (Lipinski definition) is 9. The molecule has 1 aliphatic carbocycles. The molecule has 14 heteroatoms. The summed E-state index contributed by atoms with van der Waals surface area (Å²) in [5.74, 6) is -2.84. The minimum absolute atomic E-state index is 0.177. The molecule has 5 rings (SSSR count). The Kier molecular flexibility index (Phi) is 13.1. The molecule has 0 spiro atoms. The van der Waals surface area contributed by atoms with E-state index in [1.807, 2.05) is 30.3 Å². The fourth-order valence-electron chi connectivity index (χ4n) is 6.26. The van der Waals surface area contributed by atoms with Crippen molar-refractivity contribution in [3.05, 3.63) is 117 Å². The van der Waals surface area contributed by atoms with Crippen molar-refractivity contribution >= 4 is 29.7 Å². The van der Waals surface area contributed by atoms with Crippen molar-refractivity contribution in [3.63, 3.8) is 0 Å². The van der Waals surface area contributed by atoms with Crippen LogP contribution in [0.3, 0.4) is 0 Å². The van der Waals surface area contributed by atoms with E-state index in [1.165, 1.54) is 6.92 Å². The second-order valence-electron chi connectivity index (χ2n) is 12.5. The number of amides is 2. The Bertz CT molecular complexity index is 1930. The summed E-state index contributed by atoms with van der Waals surface area (Å²) in [6.07, 6.45) is 0.744. The van der Waals surface area contributed by atoms with Crippen LogP contribution in [0.2, 0.25) is 0 Å². The lowest BCUT2D eigenvalue weighted by atomic mass is 9.91. The number of hydrogen-bond donors (Lipinski definition) is 5. The minimum atomic E-state index is -1.18. The van der Waals surface area contributed by atoms with E-state index in [0.29, 0.717) is 67.5 Å². The van der Waals surface area contributed by atoms with Crippen molar-refractivity contribution in [2.75, 3.05) is 39.5 Å². The maximum atomic E-state index is 12.9. The molecule has 282 valence electrons. The van der Waals surface area contributed by atoms with E-state index >= 15 is 0 Å². The van der Waals surface area contributed by atoms with Crippen LogP contribution in [-0.2, 0) is 49.7 Å². The van der Waals surface area contributed by atoms with Gasteiger partial charge in [-0.3, -0.25) is 9.59 Å². The molecule has 0 aromatic heterocycles. The molecule has 14 nitrogen and oxygen atoms in total. The molecular weight excluding hydrogens is 700 g/mol. The fourth-order valence-corrected chi connectivity index (χ4v) is 6.26. The lowest BCUT2D eigenvalue weighted by Gasteiger charge is -2.22. The van der Waals surface area contributed by atoms with E-state index in [0.717, 1.165) is 0 Å². The van der Waals surface area contributed by atoms with Crippen LogP contribution < -0.4 is 29.6 Å². The molecule has 0 heterocycles. The van der Waals surface area contributed by atoms with Crippen LogP contribution in [0, 0.1) is 0 Å². The number of nitrogens with one attached hydrogen (secondary N) is 2. The first-order valence-electron chi connectivity index (χ1n) is 17.1. The van der Waals surface area contributed by atoms with E-state index in [2.05, 4.69) is 10.6 Å². The molecule has 1 aliphatic rings. The maximum absolute atomic E-state index is 12.9. The van der Waals surface area contributed by atoms with Crippen LogP contribution in [0.15, 0.2) is 72.8 Å². The highest BCUT2D eigenvalue weighted by Crippen LogP contribution is 2.38. The zero-order chi connectivity index (χ0) is 38.6. The normalized spacial score (nSPS) is 11.8. The number of carbonyl (C=O) groups is 5. The first-order valence-corrected chi connectivity index (χ1v) is 17.1. The number of fused-ring (bicyclic) bond motifs is 8. The maximum Gasteiger partial charge on any atom is 0.341 e. The van der Waals surface area contributed by atoms with Gasteiger partial charge in [0, 0.05) is 45.7 Å². The van der Waals surface area contributed by atoms with Crippen molar-refractivity contribution in [2.45, 2.75) is 32.6 Å². The molecule has 0 saturated carbocycles. The number of ether oxygens (including phenoxy) is 4. The van der Waals surface area contributed by atoms with Gasteiger partial charge in [0.15, 0.2) is 26.4 Å². The summed E-state index contributed by atoms with van der Waals surface area (Å²) >= 11 is 0. The van der Waals surface area contributed by atoms with Crippen LogP contribution in [0.1, 0.15) is 51.4 Å². The van der Waals surface area contributed by atoms with Crippen LogP contribution in [0.25, 0.3) is 0 Å². The average Bonchev–Trinajstić information content (AvgIpc) is 3.11. The second kappa shape index (κ2) is 18.3. The molecule has 54 heavy (non-hydrogen) atoms. The van der Waals surface area contributed by atoms with Gasteiger partial charge in [0.05, 0.1) is 0 Å². The topological polar surface area (TPSA) is 207 Å². The lowest BCUT2D eigenvalue weighted by Crippen LogP contribution is -2.36. The second-order valence-corrected chi connectivity index (χ2v) is 12.5. The van der Waals surface area contributed by atoms with Crippen molar-refractivity contribution in [3.8, 4) is 23.0 Å². The molecule has 5 N–H and O–H groups in total. The molecule has 8 bridgehead atoms. The summed E-state index contributed by atoms with van der Waals surface area (Å²) in [6, 6.07) is 21.6. The Morgan fingerprint density at radius 1 is 0.463 bits per heavy atom. The van der Waals surface area contributed by atoms with Gasteiger partial charge < -0.3 is 44.9 Å². The van der Waals surface area contributed by atoms with Gasteiger partial charge in [0.25, 0.3) is 5.91 Å². The molecule has 2 amide bonds. The summed E-state index contributed by atoms with van der Waals surface area (Å²) in [5.41, 5.74) is 5.00. The molecule has 0 fully saturated rings. The Balaban J connectivity index is 1.67. The Labute approximate surface area is 310 Å². The Morgan fingerprint density at radius 2 is 0.722 bits per heavy atom. The number of carboxylic acids is 3. The number of para-hydroxylation sites is 4. The van der Waals surface area contributed by atoms with Crippen molar-refractivity contribution < 1.29 is 58.2 Å². The van der Waals surface area contributed by atoms with Gasteiger partial charge in [0.1, 0.15) is 23.0 Å². The van der Waals surface area contributed by atoms with Gasteiger partial charge in [0.2, 0.25) is 5.91 Å². The van der Waals surface area contributed by atoms with E-state index < -0.39 is 43.6 Å². The van der Waals surface area contributed by atoms with E-state index in [-0.39, 0.29) is 51.3 Å². The summed E-state index contributed by atoms with van der Waals surface area (Å²) in [7, 11) is 0. The van der Waals surface area contributed by atoms with Gasteiger partial charge in [-0.25, -0.2) is 14.4 Å².